The van der Waals surface area contributed by atoms with E-state index in [0.29, 0.717) is 28.1 Å². The van der Waals surface area contributed by atoms with Crippen molar-refractivity contribution < 1.29 is 22.8 Å². The lowest BCUT2D eigenvalue weighted by Gasteiger charge is -2.15. The van der Waals surface area contributed by atoms with Gasteiger partial charge in [-0.3, -0.25) is 9.59 Å². The fourth-order valence-electron chi connectivity index (χ4n) is 3.11. The zero-order chi connectivity index (χ0) is 25.6. The van der Waals surface area contributed by atoms with Crippen LogP contribution in [0, 0.1) is 0 Å². The number of benzene rings is 2. The molecule has 3 aromatic rings. The minimum Gasteiger partial charge on any atom is -0.342 e. The highest BCUT2D eigenvalue weighted by molar-refractivity contribution is 7.99. The molecule has 0 fully saturated rings. The van der Waals surface area contributed by atoms with Crippen molar-refractivity contribution in [3.8, 4) is 0 Å². The number of thioether (sulfide) groups is 1. The monoisotopic (exact) mass is 523 g/mol. The number of nitrogens with zero attached hydrogens (tertiary/aromatic N) is 3. The number of carbonyl (C=O) groups is 2. The van der Waals surface area contributed by atoms with Crippen molar-refractivity contribution in [1.82, 2.24) is 20.1 Å². The third-order valence-corrected chi connectivity index (χ3v) is 6.01. The number of nitrogens with one attached hydrogen (secondary N) is 2. The Hall–Kier alpha value is -3.31. The molecule has 184 valence electrons. The van der Waals surface area contributed by atoms with Gasteiger partial charge in [-0.2, -0.15) is 13.2 Å². The molecule has 12 heteroatoms. The van der Waals surface area contributed by atoms with Gasteiger partial charge in [0.15, 0.2) is 11.0 Å². The Labute approximate surface area is 208 Å². The molecule has 0 radical (unpaired) electrons. The van der Waals surface area contributed by atoms with Crippen LogP contribution in [-0.4, -0.2) is 32.3 Å². The summed E-state index contributed by atoms with van der Waals surface area (Å²) in [6, 6.07) is 10.5. The summed E-state index contributed by atoms with van der Waals surface area (Å²) in [5.41, 5.74) is -0.502. The zero-order valence-corrected chi connectivity index (χ0v) is 20.0. The van der Waals surface area contributed by atoms with E-state index in [2.05, 4.69) is 27.4 Å². The lowest BCUT2D eigenvalue weighted by atomic mass is 10.2. The van der Waals surface area contributed by atoms with Gasteiger partial charge in [-0.15, -0.1) is 16.8 Å². The van der Waals surface area contributed by atoms with Gasteiger partial charge >= 0.3 is 6.18 Å². The van der Waals surface area contributed by atoms with Crippen LogP contribution in [-0.2, 0) is 17.5 Å². The molecule has 0 aliphatic rings. The molecule has 1 atom stereocenters. The van der Waals surface area contributed by atoms with Gasteiger partial charge in [0.25, 0.3) is 5.91 Å². The average Bonchev–Trinajstić information content (AvgIpc) is 3.20. The molecule has 1 unspecified atom stereocenters. The first kappa shape index (κ1) is 26.3. The van der Waals surface area contributed by atoms with Gasteiger partial charge in [-0.25, -0.2) is 0 Å². The fraction of sp³-hybridized carbons (Fsp3) is 0.217. The fourth-order valence-corrected chi connectivity index (χ4v) is 4.09. The number of aromatic nitrogens is 3. The highest BCUT2D eigenvalue weighted by atomic mass is 35.5. The van der Waals surface area contributed by atoms with Crippen LogP contribution in [0.5, 0.6) is 0 Å². The molecule has 3 rings (SSSR count). The lowest BCUT2D eigenvalue weighted by molar-refractivity contribution is -0.137. The second-order valence-corrected chi connectivity index (χ2v) is 8.68. The molecule has 1 aromatic heterocycles. The SMILES string of the molecule is C=CCn1c(SCC(=O)Nc2cccc(C(F)(F)F)c2)nnc1C(C)NC(=O)c1ccccc1Cl. The van der Waals surface area contributed by atoms with Crippen molar-refractivity contribution in [1.29, 1.82) is 0 Å². The molecular formula is C23H21ClF3N5O2S. The molecule has 2 aromatic carbocycles. The standard InChI is InChI=1S/C23H21ClF3N5O2S/c1-3-11-32-20(14(2)28-21(34)17-9-4-5-10-18(17)24)30-31-22(32)35-13-19(33)29-16-8-6-7-15(12-16)23(25,26)27/h3-10,12,14H,1,11,13H2,2H3,(H,28,34)(H,29,33). The molecule has 0 saturated heterocycles. The molecular weight excluding hydrogens is 503 g/mol. The van der Waals surface area contributed by atoms with Crippen LogP contribution in [0.15, 0.2) is 66.3 Å². The number of anilines is 1. The van der Waals surface area contributed by atoms with Gasteiger partial charge in [0.1, 0.15) is 0 Å². The summed E-state index contributed by atoms with van der Waals surface area (Å²) in [6.45, 7) is 5.76. The van der Waals surface area contributed by atoms with Crippen LogP contribution in [0.2, 0.25) is 5.02 Å². The molecule has 0 saturated carbocycles. The molecule has 2 amide bonds. The van der Waals surface area contributed by atoms with E-state index >= 15 is 0 Å². The van der Waals surface area contributed by atoms with E-state index < -0.39 is 23.7 Å². The summed E-state index contributed by atoms with van der Waals surface area (Å²) >= 11 is 7.14. The highest BCUT2D eigenvalue weighted by Crippen LogP contribution is 2.31. The van der Waals surface area contributed by atoms with Crippen LogP contribution in [0.1, 0.15) is 34.7 Å². The van der Waals surface area contributed by atoms with Crippen molar-refractivity contribution in [2.45, 2.75) is 30.8 Å². The highest BCUT2D eigenvalue weighted by Gasteiger charge is 2.30. The molecule has 2 N–H and O–H groups in total. The maximum absolute atomic E-state index is 12.9. The summed E-state index contributed by atoms with van der Waals surface area (Å²) in [5.74, 6) is -0.576. The van der Waals surface area contributed by atoms with E-state index in [1.54, 1.807) is 41.8 Å². The van der Waals surface area contributed by atoms with E-state index in [1.165, 1.54) is 12.1 Å². The molecule has 7 nitrogen and oxygen atoms in total. The number of alkyl halides is 3. The first-order valence-corrected chi connectivity index (χ1v) is 11.7. The molecule has 1 heterocycles. The Bertz CT molecular complexity index is 1230. The number of rotatable bonds is 9. The number of hydrogen-bond acceptors (Lipinski definition) is 5. The first-order chi connectivity index (χ1) is 16.6. The largest absolute Gasteiger partial charge is 0.416 e. The Morgan fingerprint density at radius 3 is 2.63 bits per heavy atom. The minimum atomic E-state index is -4.51. The summed E-state index contributed by atoms with van der Waals surface area (Å²) in [7, 11) is 0. The Morgan fingerprint density at radius 1 is 1.20 bits per heavy atom. The van der Waals surface area contributed by atoms with Crippen LogP contribution in [0.3, 0.4) is 0 Å². The smallest absolute Gasteiger partial charge is 0.342 e. The van der Waals surface area contributed by atoms with E-state index in [1.807, 2.05) is 0 Å². The molecule has 0 aliphatic carbocycles. The van der Waals surface area contributed by atoms with Crippen molar-refractivity contribution in [2.24, 2.45) is 0 Å². The third kappa shape index (κ3) is 6.86. The number of amides is 2. The van der Waals surface area contributed by atoms with Crippen LogP contribution in [0.4, 0.5) is 18.9 Å². The summed E-state index contributed by atoms with van der Waals surface area (Å²) < 4.78 is 40.3. The van der Waals surface area contributed by atoms with E-state index in [9.17, 15) is 22.8 Å². The second-order valence-electron chi connectivity index (χ2n) is 7.33. The van der Waals surface area contributed by atoms with E-state index in [4.69, 9.17) is 11.6 Å². The van der Waals surface area contributed by atoms with E-state index in [-0.39, 0.29) is 17.3 Å². The van der Waals surface area contributed by atoms with Crippen LogP contribution < -0.4 is 10.6 Å². The second kappa shape index (κ2) is 11.4. The predicted octanol–water partition coefficient (Wildman–Crippen LogP) is 5.36. The van der Waals surface area contributed by atoms with Gasteiger partial charge in [0.05, 0.1) is 27.9 Å². The van der Waals surface area contributed by atoms with Crippen molar-refractivity contribution in [3.05, 3.63) is 83.2 Å². The normalized spacial score (nSPS) is 12.1. The maximum Gasteiger partial charge on any atom is 0.416 e. The average molecular weight is 524 g/mol. The number of hydrogen-bond donors (Lipinski definition) is 2. The van der Waals surface area contributed by atoms with Crippen LogP contribution >= 0.6 is 23.4 Å². The Balaban J connectivity index is 1.67. The summed E-state index contributed by atoms with van der Waals surface area (Å²) in [6.07, 6.45) is -2.90. The minimum absolute atomic E-state index is 0.0366. The van der Waals surface area contributed by atoms with Gasteiger partial charge in [-0.05, 0) is 37.3 Å². The van der Waals surface area contributed by atoms with E-state index in [0.717, 1.165) is 23.9 Å². The van der Waals surface area contributed by atoms with Gasteiger partial charge in [-0.1, -0.05) is 47.6 Å². The Morgan fingerprint density at radius 2 is 1.94 bits per heavy atom. The number of carbonyl (C=O) groups excluding carboxylic acids is 2. The lowest BCUT2D eigenvalue weighted by Crippen LogP contribution is -2.29. The molecule has 0 spiro atoms. The van der Waals surface area contributed by atoms with Crippen molar-refractivity contribution in [3.63, 3.8) is 0 Å². The number of halogens is 4. The molecule has 35 heavy (non-hydrogen) atoms. The maximum atomic E-state index is 12.9. The predicted molar refractivity (Wildman–Crippen MR) is 128 cm³/mol. The van der Waals surface area contributed by atoms with Gasteiger partial charge in [0, 0.05) is 12.2 Å². The summed E-state index contributed by atoms with van der Waals surface area (Å²) in [5, 5.41) is 14.2. The molecule has 0 aliphatic heterocycles. The number of allylic oxidation sites excluding steroid dienone is 1. The first-order valence-electron chi connectivity index (χ1n) is 10.3. The summed E-state index contributed by atoms with van der Waals surface area (Å²) in [4.78, 5) is 24.9. The zero-order valence-electron chi connectivity index (χ0n) is 18.5. The van der Waals surface area contributed by atoms with Crippen LogP contribution in [0.25, 0.3) is 0 Å². The topological polar surface area (TPSA) is 88.9 Å². The van der Waals surface area contributed by atoms with Gasteiger partial charge in [0.2, 0.25) is 5.91 Å². The molecule has 0 bridgehead atoms. The third-order valence-electron chi connectivity index (χ3n) is 4.72. The van der Waals surface area contributed by atoms with Crippen molar-refractivity contribution >= 4 is 40.9 Å². The van der Waals surface area contributed by atoms with Gasteiger partial charge < -0.3 is 15.2 Å². The Kier molecular flexibility index (Phi) is 8.57. The van der Waals surface area contributed by atoms with Crippen molar-refractivity contribution in [2.75, 3.05) is 11.1 Å². The quantitative estimate of drug-likeness (QED) is 0.291.